The number of rotatable bonds is 0. The molecule has 0 radical (unpaired) electrons. The van der Waals surface area contributed by atoms with Crippen LogP contribution in [0.15, 0.2) is 0 Å². The third-order valence-electron chi connectivity index (χ3n) is 0. The first kappa shape index (κ1) is 9.42. The normalized spacial score (nSPS) is 12.4. The molecule has 0 aromatic carbocycles. The second-order valence-corrected chi connectivity index (χ2v) is 0.829. The molecular weight excluding hydrogens is 101 g/mol. The summed E-state index contributed by atoms with van der Waals surface area (Å²) in [5.41, 5.74) is 0. The monoisotopic (exact) mass is 105 g/mol. The van der Waals surface area contributed by atoms with Crippen LogP contribution in [-0.4, -0.2) is 8.76 Å². The van der Waals surface area contributed by atoms with Gasteiger partial charge in [0.15, 0.2) is 0 Å². The zero-order chi connectivity index (χ0) is 3.58. The van der Waals surface area contributed by atoms with E-state index in [0.717, 1.165) is 0 Å². The molecule has 3 nitrogen and oxygen atoms in total. The fourth-order valence-electron chi connectivity index (χ4n) is 0. The van der Waals surface area contributed by atoms with Crippen molar-refractivity contribution < 1.29 is 39.7 Å². The second-order valence-electron chi connectivity index (χ2n) is 0.276. The van der Waals surface area contributed by atoms with Crippen molar-refractivity contribution in [1.82, 2.24) is 0 Å². The Hall–Kier alpha value is 1.07. The quantitative estimate of drug-likeness (QED) is 0.245. The average molecular weight is 105 g/mol. The summed E-state index contributed by atoms with van der Waals surface area (Å²) in [5.74, 6) is 0. The van der Waals surface area contributed by atoms with Gasteiger partial charge in [0.1, 0.15) is 0 Å². The molecule has 5 heavy (non-hydrogen) atoms. The molecule has 1 atom stereocenters. The van der Waals surface area contributed by atoms with E-state index in [2.05, 4.69) is 5.14 Å². The molecule has 0 aromatic rings. The van der Waals surface area contributed by atoms with Crippen LogP contribution in [0.1, 0.15) is 1.43 Å². The van der Waals surface area contributed by atoms with Gasteiger partial charge in [-0.05, 0) is 0 Å². The van der Waals surface area contributed by atoms with Crippen molar-refractivity contribution >= 4 is 11.3 Å². The Morgan fingerprint density at radius 3 is 2.00 bits per heavy atom. The number of hydrogen-bond acceptors (Lipinski definition) is 1. The molecule has 5 heteroatoms. The van der Waals surface area contributed by atoms with Crippen LogP contribution in [-0.2, 0) is 11.3 Å². The summed E-state index contributed by atoms with van der Waals surface area (Å²) in [6.45, 7) is 0. The van der Waals surface area contributed by atoms with Crippen LogP contribution in [0.2, 0.25) is 0 Å². The summed E-state index contributed by atoms with van der Waals surface area (Å²) in [5, 5.41) is 4.14. The molecule has 0 amide bonds. The van der Waals surface area contributed by atoms with Crippen molar-refractivity contribution in [3.05, 3.63) is 0 Å². The topological polar surface area (TPSA) is 63.3 Å². The maximum Gasteiger partial charge on any atom is 1.00 e. The van der Waals surface area contributed by atoms with Crippen LogP contribution < -0.4 is 34.7 Å². The third-order valence-corrected chi connectivity index (χ3v) is 0. The molecule has 0 fully saturated rings. The Balaban J connectivity index is -0.0000000450. The average Bonchev–Trinajstić information content (AvgIpc) is 0.811. The van der Waals surface area contributed by atoms with E-state index in [9.17, 15) is 0 Å². The second kappa shape index (κ2) is 5.07. The number of nitrogens with two attached hydrogens (primary N) is 1. The van der Waals surface area contributed by atoms with Gasteiger partial charge in [0, 0.05) is 0 Å². The minimum atomic E-state index is -2.11. The SMILES string of the molecule is NS(=O)O.[H-].[Na+]. The molecule has 1 unspecified atom stereocenters. The van der Waals surface area contributed by atoms with Crippen molar-refractivity contribution in [1.29, 1.82) is 0 Å². The zero-order valence-corrected chi connectivity index (χ0v) is 5.66. The Kier molecular flexibility index (Phi) is 9.55. The summed E-state index contributed by atoms with van der Waals surface area (Å²) < 4.78 is 16.2. The molecule has 0 bridgehead atoms. The van der Waals surface area contributed by atoms with Crippen molar-refractivity contribution in [2.45, 2.75) is 0 Å². The first-order valence-electron chi connectivity index (χ1n) is 0.585. The van der Waals surface area contributed by atoms with Crippen molar-refractivity contribution in [2.24, 2.45) is 5.14 Å². The Bertz CT molecular complexity index is 36.5. The Morgan fingerprint density at radius 1 is 2.00 bits per heavy atom. The molecule has 0 aliphatic rings. The van der Waals surface area contributed by atoms with E-state index >= 15 is 0 Å². The number of hydrogen-bond donors (Lipinski definition) is 2. The van der Waals surface area contributed by atoms with E-state index in [1.165, 1.54) is 0 Å². The van der Waals surface area contributed by atoms with Gasteiger partial charge in [-0.3, -0.25) is 4.55 Å². The molecule has 0 heterocycles. The molecule has 0 rings (SSSR count). The summed E-state index contributed by atoms with van der Waals surface area (Å²) in [7, 11) is 0. The molecule has 28 valence electrons. The maximum atomic E-state index is 8.89. The van der Waals surface area contributed by atoms with Gasteiger partial charge in [0.2, 0.25) is 11.3 Å². The largest absolute Gasteiger partial charge is 1.00 e. The Labute approximate surface area is 56.1 Å². The maximum absolute atomic E-state index is 8.89. The van der Waals surface area contributed by atoms with Gasteiger partial charge < -0.3 is 1.43 Å². The van der Waals surface area contributed by atoms with Crippen molar-refractivity contribution in [2.75, 3.05) is 0 Å². The van der Waals surface area contributed by atoms with Gasteiger partial charge >= 0.3 is 29.6 Å². The van der Waals surface area contributed by atoms with Crippen LogP contribution in [0, 0.1) is 0 Å². The van der Waals surface area contributed by atoms with Crippen molar-refractivity contribution in [3.63, 3.8) is 0 Å². The van der Waals surface area contributed by atoms with E-state index in [4.69, 9.17) is 8.76 Å². The summed E-state index contributed by atoms with van der Waals surface area (Å²) in [6.07, 6.45) is 0. The predicted molar refractivity (Wildman–Crippen MR) is 16.1 cm³/mol. The predicted octanol–water partition coefficient (Wildman–Crippen LogP) is -3.80. The van der Waals surface area contributed by atoms with Crippen LogP contribution in [0.3, 0.4) is 0 Å². The molecule has 0 saturated carbocycles. The van der Waals surface area contributed by atoms with Gasteiger partial charge in [-0.2, -0.15) is 0 Å². The molecule has 0 saturated heterocycles. The van der Waals surface area contributed by atoms with Crippen LogP contribution in [0.25, 0.3) is 0 Å². The molecular formula is H4NNaO2S. The summed E-state index contributed by atoms with van der Waals surface area (Å²) in [4.78, 5) is 0. The molecule has 3 N–H and O–H groups in total. The molecule has 0 aromatic heterocycles. The van der Waals surface area contributed by atoms with Crippen LogP contribution in [0.5, 0.6) is 0 Å². The van der Waals surface area contributed by atoms with E-state index < -0.39 is 11.3 Å². The Morgan fingerprint density at radius 2 is 2.00 bits per heavy atom. The molecule has 0 spiro atoms. The third kappa shape index (κ3) is 41.7. The minimum Gasteiger partial charge on any atom is -1.00 e. The van der Waals surface area contributed by atoms with Crippen LogP contribution >= 0.6 is 0 Å². The smallest absolute Gasteiger partial charge is 1.00 e. The van der Waals surface area contributed by atoms with E-state index in [1.54, 1.807) is 0 Å². The molecule has 0 aliphatic carbocycles. The standard InChI is InChI=1S/H3NO2S.Na.H/c1-4(2)3;;/h1H2,(H,2,3);;/q;+1;-1. The van der Waals surface area contributed by atoms with Gasteiger partial charge in [0.25, 0.3) is 0 Å². The van der Waals surface area contributed by atoms with E-state index in [1.807, 2.05) is 0 Å². The zero-order valence-electron chi connectivity index (χ0n) is 3.84. The summed E-state index contributed by atoms with van der Waals surface area (Å²) >= 11 is -2.11. The molecule has 0 aliphatic heterocycles. The first-order chi connectivity index (χ1) is 1.73. The van der Waals surface area contributed by atoms with Crippen molar-refractivity contribution in [3.8, 4) is 0 Å². The van der Waals surface area contributed by atoms with Crippen LogP contribution in [0.4, 0.5) is 0 Å². The minimum absolute atomic E-state index is 0. The summed E-state index contributed by atoms with van der Waals surface area (Å²) in [6, 6.07) is 0. The van der Waals surface area contributed by atoms with Gasteiger partial charge in [-0.15, -0.1) is 0 Å². The van der Waals surface area contributed by atoms with E-state index in [0.29, 0.717) is 0 Å². The fraction of sp³-hybridized carbons (Fsp3) is 0. The van der Waals surface area contributed by atoms with Gasteiger partial charge in [-0.1, -0.05) is 0 Å². The van der Waals surface area contributed by atoms with E-state index in [-0.39, 0.29) is 31.0 Å². The van der Waals surface area contributed by atoms with Gasteiger partial charge in [-0.25, -0.2) is 9.35 Å². The fourth-order valence-corrected chi connectivity index (χ4v) is 0. The first-order valence-corrected chi connectivity index (χ1v) is 1.75. The van der Waals surface area contributed by atoms with Gasteiger partial charge in [0.05, 0.1) is 0 Å².